The molecule has 1 aromatic carbocycles. The summed E-state index contributed by atoms with van der Waals surface area (Å²) >= 11 is 0. The Labute approximate surface area is 374 Å². The van der Waals surface area contributed by atoms with Crippen molar-refractivity contribution in [3.8, 4) is 5.75 Å². The second-order valence-corrected chi connectivity index (χ2v) is 18.5. The summed E-state index contributed by atoms with van der Waals surface area (Å²) in [5.41, 5.74) is 1.11. The first-order valence-electron chi connectivity index (χ1n) is 27.0. The number of hydrogen-bond donors (Lipinski definition) is 2. The lowest BCUT2D eigenvalue weighted by Crippen LogP contribution is -2.26. The van der Waals surface area contributed by atoms with Gasteiger partial charge >= 0.3 is 0 Å². The first kappa shape index (κ1) is 56.0. The normalized spacial score (nSPS) is 11.3. The Balaban J connectivity index is 2.40. The predicted molar refractivity (Wildman–Crippen MR) is 263 cm³/mol. The third-order valence-electron chi connectivity index (χ3n) is 12.6. The number of carbonyl (C=O) groups is 2. The fourth-order valence-electron chi connectivity index (χ4n) is 8.51. The average molecular weight is 839 g/mol. The smallest absolute Gasteiger partial charge is 0.255 e. The van der Waals surface area contributed by atoms with E-state index >= 15 is 0 Å². The quantitative estimate of drug-likeness (QED) is 0.0643. The third-order valence-corrected chi connectivity index (χ3v) is 12.6. The van der Waals surface area contributed by atoms with E-state index in [9.17, 15) is 9.59 Å². The van der Waals surface area contributed by atoms with Crippen molar-refractivity contribution in [2.75, 3.05) is 19.7 Å². The van der Waals surface area contributed by atoms with Crippen LogP contribution in [0.5, 0.6) is 5.75 Å². The lowest BCUT2D eigenvalue weighted by Gasteiger charge is -2.14. The van der Waals surface area contributed by atoms with Gasteiger partial charge in [-0.1, -0.05) is 265 Å². The van der Waals surface area contributed by atoms with E-state index in [0.717, 1.165) is 38.5 Å². The van der Waals surface area contributed by atoms with Gasteiger partial charge in [0.1, 0.15) is 5.75 Å². The van der Waals surface area contributed by atoms with Crippen LogP contribution in [-0.4, -0.2) is 31.5 Å². The largest absolute Gasteiger partial charge is 0.493 e. The van der Waals surface area contributed by atoms with Gasteiger partial charge in [-0.25, -0.2) is 0 Å². The van der Waals surface area contributed by atoms with Gasteiger partial charge in [0.25, 0.3) is 11.8 Å². The highest BCUT2D eigenvalue weighted by Crippen LogP contribution is 2.23. The molecule has 0 atom stereocenters. The molecule has 350 valence electrons. The van der Waals surface area contributed by atoms with E-state index in [-0.39, 0.29) is 11.8 Å². The molecular formula is C55H102N2O3. The molecule has 2 N–H and O–H groups in total. The molecule has 0 bridgehead atoms. The molecule has 2 amide bonds. The third kappa shape index (κ3) is 35.5. The van der Waals surface area contributed by atoms with Crippen molar-refractivity contribution in [1.29, 1.82) is 0 Å². The summed E-state index contributed by atoms with van der Waals surface area (Å²) in [5.74, 6) is 0.362. The molecule has 0 aliphatic heterocycles. The molecule has 5 nitrogen and oxygen atoms in total. The van der Waals surface area contributed by atoms with Gasteiger partial charge in [-0.05, 0) is 37.5 Å². The molecule has 0 aromatic heterocycles. The molecular weight excluding hydrogens is 737 g/mol. The zero-order valence-electron chi connectivity index (χ0n) is 40.6. The van der Waals surface area contributed by atoms with Gasteiger partial charge in [0.15, 0.2) is 0 Å². The molecule has 1 rings (SSSR count). The molecule has 0 unspecified atom stereocenters. The van der Waals surface area contributed by atoms with E-state index in [0.29, 0.717) is 36.6 Å². The topological polar surface area (TPSA) is 67.4 Å². The summed E-state index contributed by atoms with van der Waals surface area (Å²) in [6.45, 7) is 8.79. The maximum absolute atomic E-state index is 13.4. The Morgan fingerprint density at radius 1 is 0.367 bits per heavy atom. The van der Waals surface area contributed by atoms with Gasteiger partial charge in [0, 0.05) is 18.7 Å². The van der Waals surface area contributed by atoms with E-state index < -0.39 is 0 Å². The van der Waals surface area contributed by atoms with Crippen molar-refractivity contribution >= 4 is 11.8 Å². The lowest BCUT2D eigenvalue weighted by molar-refractivity contribution is 0.0937. The van der Waals surface area contributed by atoms with E-state index in [1.54, 1.807) is 18.2 Å². The minimum absolute atomic E-state index is 0.0788. The van der Waals surface area contributed by atoms with Crippen LogP contribution in [0.3, 0.4) is 0 Å². The van der Waals surface area contributed by atoms with E-state index in [4.69, 9.17) is 4.74 Å². The molecule has 1 aromatic rings. The summed E-state index contributed by atoms with van der Waals surface area (Å²) in [5, 5.41) is 6.27. The minimum Gasteiger partial charge on any atom is -0.493 e. The average Bonchev–Trinajstić information content (AvgIpc) is 3.26. The van der Waals surface area contributed by atoms with Gasteiger partial charge in [-0.2, -0.15) is 0 Å². The number of ether oxygens (including phenoxy) is 1. The summed E-state index contributed by atoms with van der Waals surface area (Å²) in [6, 6.07) is 5.38. The number of rotatable bonds is 47. The lowest BCUT2D eigenvalue weighted by atomic mass is 10.0. The Morgan fingerprint density at radius 3 is 0.983 bits per heavy atom. The highest BCUT2D eigenvalue weighted by atomic mass is 16.5. The van der Waals surface area contributed by atoms with Crippen molar-refractivity contribution in [2.45, 2.75) is 284 Å². The van der Waals surface area contributed by atoms with Crippen LogP contribution >= 0.6 is 0 Å². The molecule has 0 saturated carbocycles. The summed E-state index contributed by atoms with van der Waals surface area (Å²) in [6.07, 6.45) is 54.1. The number of nitrogens with one attached hydrogen (secondary N) is 2. The van der Waals surface area contributed by atoms with Crippen molar-refractivity contribution < 1.29 is 14.3 Å². The number of benzene rings is 1. The maximum Gasteiger partial charge on any atom is 0.255 e. The van der Waals surface area contributed by atoms with E-state index in [1.807, 2.05) is 0 Å². The van der Waals surface area contributed by atoms with Crippen LogP contribution in [-0.2, 0) is 0 Å². The van der Waals surface area contributed by atoms with Gasteiger partial charge in [-0.15, -0.1) is 0 Å². The van der Waals surface area contributed by atoms with Crippen LogP contribution in [0.4, 0.5) is 0 Å². The summed E-state index contributed by atoms with van der Waals surface area (Å²) < 4.78 is 6.27. The molecule has 0 radical (unpaired) electrons. The standard InChI is InChI=1S/C55H102N2O3/c1-4-7-10-13-16-19-22-25-27-30-33-36-39-42-47-56-54(58)51-45-46-52(53(50-51)60-49-44-41-38-35-32-29-24-21-18-15-12-9-6-3)55(59)57-48-43-40-37-34-31-28-26-23-20-17-14-11-8-5-2/h45-46,50H,4-44,47-49H2,1-3H3,(H,56,58)(H,57,59). The zero-order valence-corrected chi connectivity index (χ0v) is 40.6. The number of hydrogen-bond acceptors (Lipinski definition) is 3. The van der Waals surface area contributed by atoms with Gasteiger partial charge < -0.3 is 15.4 Å². The van der Waals surface area contributed by atoms with Crippen molar-refractivity contribution in [1.82, 2.24) is 10.6 Å². The minimum atomic E-state index is -0.0978. The molecule has 0 fully saturated rings. The van der Waals surface area contributed by atoms with E-state index in [1.165, 1.54) is 225 Å². The second kappa shape index (κ2) is 45.0. The Bertz CT molecular complexity index is 1070. The molecule has 60 heavy (non-hydrogen) atoms. The monoisotopic (exact) mass is 839 g/mol. The molecule has 0 spiro atoms. The van der Waals surface area contributed by atoms with Crippen molar-refractivity contribution in [2.24, 2.45) is 0 Å². The second-order valence-electron chi connectivity index (χ2n) is 18.5. The van der Waals surface area contributed by atoms with Gasteiger partial charge in [0.2, 0.25) is 0 Å². The Hall–Kier alpha value is -2.04. The summed E-state index contributed by atoms with van der Waals surface area (Å²) in [7, 11) is 0. The highest BCUT2D eigenvalue weighted by Gasteiger charge is 2.16. The highest BCUT2D eigenvalue weighted by molar-refractivity contribution is 6.00. The van der Waals surface area contributed by atoms with Crippen LogP contribution in [0.25, 0.3) is 0 Å². The van der Waals surface area contributed by atoms with Crippen LogP contribution in [0, 0.1) is 0 Å². The van der Waals surface area contributed by atoms with Gasteiger partial charge in [-0.3, -0.25) is 9.59 Å². The molecule has 0 heterocycles. The molecule has 0 aliphatic carbocycles. The van der Waals surface area contributed by atoms with Crippen LogP contribution in [0.1, 0.15) is 305 Å². The van der Waals surface area contributed by atoms with Crippen LogP contribution < -0.4 is 15.4 Å². The first-order chi connectivity index (χ1) is 29.6. The number of unbranched alkanes of at least 4 members (excludes halogenated alkanes) is 38. The fraction of sp³-hybridized carbons (Fsp3) is 0.855. The predicted octanol–water partition coefficient (Wildman–Crippen LogP) is 17.6. The zero-order chi connectivity index (χ0) is 43.2. The first-order valence-corrected chi connectivity index (χ1v) is 27.0. The SMILES string of the molecule is CCCCCCCCCCCCCCCCNC(=O)c1ccc(C(=O)NCCCCCCCCCCCCCCCC)c(OCCCCCCCCCCCCCCC)c1. The Morgan fingerprint density at radius 2 is 0.650 bits per heavy atom. The Kier molecular flexibility index (Phi) is 42.0. The molecule has 0 saturated heterocycles. The van der Waals surface area contributed by atoms with Crippen molar-refractivity contribution in [3.63, 3.8) is 0 Å². The summed E-state index contributed by atoms with van der Waals surface area (Å²) in [4.78, 5) is 26.5. The maximum atomic E-state index is 13.4. The molecule has 5 heteroatoms. The van der Waals surface area contributed by atoms with Gasteiger partial charge in [0.05, 0.1) is 12.2 Å². The van der Waals surface area contributed by atoms with Crippen LogP contribution in [0.15, 0.2) is 18.2 Å². The molecule has 0 aliphatic rings. The number of amides is 2. The fourth-order valence-corrected chi connectivity index (χ4v) is 8.51. The van der Waals surface area contributed by atoms with E-state index in [2.05, 4.69) is 31.4 Å². The number of carbonyl (C=O) groups excluding carboxylic acids is 2. The van der Waals surface area contributed by atoms with Crippen LogP contribution in [0.2, 0.25) is 0 Å². The van der Waals surface area contributed by atoms with Crippen molar-refractivity contribution in [3.05, 3.63) is 29.3 Å².